The second kappa shape index (κ2) is 7.71. The minimum absolute atomic E-state index is 0.0182. The molecule has 0 bridgehead atoms. The van der Waals surface area contributed by atoms with Crippen molar-refractivity contribution >= 4 is 11.8 Å². The standard InChI is InChI=1S/C13H20O2S/c1-2-16-13-7-5-11(6-8-13)3-4-12(9-14)10-15/h5-8,12,14-15H,2-4,9-10H2,1H3. The number of hydrogen-bond acceptors (Lipinski definition) is 3. The van der Waals surface area contributed by atoms with Gasteiger partial charge in [-0.1, -0.05) is 19.1 Å². The van der Waals surface area contributed by atoms with Crippen molar-refractivity contribution in [3.63, 3.8) is 0 Å². The summed E-state index contributed by atoms with van der Waals surface area (Å²) in [6.45, 7) is 2.28. The molecular formula is C13H20O2S. The van der Waals surface area contributed by atoms with Crippen molar-refractivity contribution in [3.8, 4) is 0 Å². The Morgan fingerprint density at radius 1 is 1.12 bits per heavy atom. The SMILES string of the molecule is CCSc1ccc(CCC(CO)CO)cc1. The van der Waals surface area contributed by atoms with Crippen molar-refractivity contribution in [2.24, 2.45) is 5.92 Å². The average molecular weight is 240 g/mol. The number of aliphatic hydroxyl groups excluding tert-OH is 2. The lowest BCUT2D eigenvalue weighted by Gasteiger charge is -2.10. The largest absolute Gasteiger partial charge is 0.396 e. The van der Waals surface area contributed by atoms with Gasteiger partial charge in [-0.25, -0.2) is 0 Å². The van der Waals surface area contributed by atoms with Gasteiger partial charge in [-0.2, -0.15) is 0 Å². The third-order valence-corrected chi connectivity index (χ3v) is 3.49. The minimum Gasteiger partial charge on any atom is -0.396 e. The third-order valence-electron chi connectivity index (χ3n) is 2.59. The molecule has 0 heterocycles. The van der Waals surface area contributed by atoms with Crippen LogP contribution in [-0.4, -0.2) is 29.2 Å². The number of thioether (sulfide) groups is 1. The highest BCUT2D eigenvalue weighted by Gasteiger charge is 2.05. The van der Waals surface area contributed by atoms with Crippen molar-refractivity contribution < 1.29 is 10.2 Å². The highest BCUT2D eigenvalue weighted by Crippen LogP contribution is 2.18. The van der Waals surface area contributed by atoms with Crippen LogP contribution in [0, 0.1) is 5.92 Å². The van der Waals surface area contributed by atoms with Gasteiger partial charge in [-0.05, 0) is 36.3 Å². The molecule has 0 aliphatic heterocycles. The van der Waals surface area contributed by atoms with E-state index < -0.39 is 0 Å². The fourth-order valence-electron chi connectivity index (χ4n) is 1.53. The molecule has 0 aromatic heterocycles. The monoisotopic (exact) mass is 240 g/mol. The minimum atomic E-state index is 0.0182. The molecule has 0 aliphatic carbocycles. The summed E-state index contributed by atoms with van der Waals surface area (Å²) < 4.78 is 0. The number of hydrogen-bond donors (Lipinski definition) is 2. The molecule has 90 valence electrons. The molecule has 1 rings (SSSR count). The molecule has 0 saturated heterocycles. The van der Waals surface area contributed by atoms with E-state index in [1.165, 1.54) is 10.5 Å². The molecule has 0 fully saturated rings. The summed E-state index contributed by atoms with van der Waals surface area (Å²) in [5.74, 6) is 1.11. The van der Waals surface area contributed by atoms with Crippen molar-refractivity contribution in [2.45, 2.75) is 24.7 Å². The van der Waals surface area contributed by atoms with Gasteiger partial charge in [0.25, 0.3) is 0 Å². The van der Waals surface area contributed by atoms with Gasteiger partial charge in [0.05, 0.1) is 0 Å². The first-order valence-electron chi connectivity index (χ1n) is 5.73. The van der Waals surface area contributed by atoms with E-state index in [9.17, 15) is 0 Å². The molecule has 0 spiro atoms. The Labute approximate surface area is 102 Å². The first kappa shape index (κ1) is 13.6. The van der Waals surface area contributed by atoms with E-state index in [4.69, 9.17) is 10.2 Å². The maximum Gasteiger partial charge on any atom is 0.0481 e. The smallest absolute Gasteiger partial charge is 0.0481 e. The van der Waals surface area contributed by atoms with Crippen LogP contribution >= 0.6 is 11.8 Å². The fraction of sp³-hybridized carbons (Fsp3) is 0.538. The number of benzene rings is 1. The second-order valence-corrected chi connectivity index (χ2v) is 5.18. The molecule has 1 aromatic rings. The molecule has 3 heteroatoms. The van der Waals surface area contributed by atoms with Gasteiger partial charge >= 0.3 is 0 Å². The van der Waals surface area contributed by atoms with Crippen LogP contribution in [0.15, 0.2) is 29.2 Å². The van der Waals surface area contributed by atoms with E-state index in [1.807, 2.05) is 11.8 Å². The highest BCUT2D eigenvalue weighted by atomic mass is 32.2. The van der Waals surface area contributed by atoms with E-state index in [-0.39, 0.29) is 19.1 Å². The van der Waals surface area contributed by atoms with Crippen LogP contribution in [0.4, 0.5) is 0 Å². The summed E-state index contributed by atoms with van der Waals surface area (Å²) in [5.41, 5.74) is 1.27. The Morgan fingerprint density at radius 2 is 1.75 bits per heavy atom. The molecule has 0 unspecified atom stereocenters. The van der Waals surface area contributed by atoms with Crippen LogP contribution in [0.25, 0.3) is 0 Å². The molecule has 0 saturated carbocycles. The Morgan fingerprint density at radius 3 is 2.25 bits per heavy atom. The molecule has 0 radical (unpaired) electrons. The van der Waals surface area contributed by atoms with Crippen LogP contribution in [0.3, 0.4) is 0 Å². The maximum absolute atomic E-state index is 8.95. The van der Waals surface area contributed by atoms with Crippen LogP contribution < -0.4 is 0 Å². The first-order chi connectivity index (χ1) is 7.80. The predicted molar refractivity (Wildman–Crippen MR) is 68.8 cm³/mol. The lowest BCUT2D eigenvalue weighted by Crippen LogP contribution is -2.11. The zero-order chi connectivity index (χ0) is 11.8. The van der Waals surface area contributed by atoms with Crippen LogP contribution in [0.1, 0.15) is 18.9 Å². The summed E-state index contributed by atoms with van der Waals surface area (Å²) >= 11 is 1.84. The zero-order valence-electron chi connectivity index (χ0n) is 9.72. The van der Waals surface area contributed by atoms with Crippen LogP contribution in [-0.2, 0) is 6.42 Å². The molecule has 2 N–H and O–H groups in total. The summed E-state index contributed by atoms with van der Waals surface area (Å²) in [7, 11) is 0. The van der Waals surface area contributed by atoms with Crippen molar-refractivity contribution in [3.05, 3.63) is 29.8 Å². The lowest BCUT2D eigenvalue weighted by molar-refractivity contribution is 0.144. The average Bonchev–Trinajstić information content (AvgIpc) is 2.33. The third kappa shape index (κ3) is 4.56. The van der Waals surface area contributed by atoms with E-state index in [0.29, 0.717) is 0 Å². The summed E-state index contributed by atoms with van der Waals surface area (Å²) in [6, 6.07) is 8.53. The molecule has 2 nitrogen and oxygen atoms in total. The van der Waals surface area contributed by atoms with Crippen LogP contribution in [0.2, 0.25) is 0 Å². The summed E-state index contributed by atoms with van der Waals surface area (Å²) in [5, 5.41) is 17.9. The molecular weight excluding hydrogens is 220 g/mol. The van der Waals surface area contributed by atoms with Gasteiger partial charge in [0.1, 0.15) is 0 Å². The van der Waals surface area contributed by atoms with E-state index in [0.717, 1.165) is 18.6 Å². The molecule has 0 amide bonds. The van der Waals surface area contributed by atoms with Crippen molar-refractivity contribution in [1.29, 1.82) is 0 Å². The van der Waals surface area contributed by atoms with E-state index in [2.05, 4.69) is 31.2 Å². The molecule has 1 aromatic carbocycles. The van der Waals surface area contributed by atoms with Gasteiger partial charge in [-0.3, -0.25) is 0 Å². The van der Waals surface area contributed by atoms with Crippen molar-refractivity contribution in [1.82, 2.24) is 0 Å². The number of rotatable bonds is 7. The topological polar surface area (TPSA) is 40.5 Å². The quantitative estimate of drug-likeness (QED) is 0.719. The van der Waals surface area contributed by atoms with Gasteiger partial charge in [0, 0.05) is 24.0 Å². The Hall–Kier alpha value is -0.510. The van der Waals surface area contributed by atoms with Crippen LogP contribution in [0.5, 0.6) is 0 Å². The molecule has 0 aliphatic rings. The zero-order valence-corrected chi connectivity index (χ0v) is 10.5. The second-order valence-electron chi connectivity index (χ2n) is 3.85. The van der Waals surface area contributed by atoms with Gasteiger partial charge in [-0.15, -0.1) is 11.8 Å². The predicted octanol–water partition coefficient (Wildman–Crippen LogP) is 2.33. The number of aryl methyl sites for hydroxylation is 1. The van der Waals surface area contributed by atoms with Crippen molar-refractivity contribution in [2.75, 3.05) is 19.0 Å². The number of aliphatic hydroxyl groups is 2. The first-order valence-corrected chi connectivity index (χ1v) is 6.72. The fourth-order valence-corrected chi connectivity index (χ4v) is 2.19. The Bertz CT molecular complexity index is 280. The Balaban J connectivity index is 2.42. The molecule has 16 heavy (non-hydrogen) atoms. The van der Waals surface area contributed by atoms with E-state index >= 15 is 0 Å². The lowest BCUT2D eigenvalue weighted by atomic mass is 10.0. The molecule has 0 atom stereocenters. The Kier molecular flexibility index (Phi) is 6.53. The van der Waals surface area contributed by atoms with E-state index in [1.54, 1.807) is 0 Å². The van der Waals surface area contributed by atoms with Gasteiger partial charge < -0.3 is 10.2 Å². The normalized spacial score (nSPS) is 11.0. The summed E-state index contributed by atoms with van der Waals surface area (Å²) in [6.07, 6.45) is 1.76. The van der Waals surface area contributed by atoms with Gasteiger partial charge in [0.15, 0.2) is 0 Å². The summed E-state index contributed by atoms with van der Waals surface area (Å²) in [4.78, 5) is 1.30. The highest BCUT2D eigenvalue weighted by molar-refractivity contribution is 7.99. The maximum atomic E-state index is 8.95. The van der Waals surface area contributed by atoms with Gasteiger partial charge in [0.2, 0.25) is 0 Å².